The molecule has 14 heteroatoms. The van der Waals surface area contributed by atoms with Crippen LogP contribution >= 0.6 is 0 Å². The lowest BCUT2D eigenvalue weighted by Gasteiger charge is -2.31. The number of carbonyl (C=O) groups is 1. The highest BCUT2D eigenvalue weighted by atomic mass is 32.2. The molecule has 10 nitrogen and oxygen atoms in total. The Balaban J connectivity index is 1.53. The summed E-state index contributed by atoms with van der Waals surface area (Å²) in [6, 6.07) is 11.6. The van der Waals surface area contributed by atoms with Crippen molar-refractivity contribution < 1.29 is 31.1 Å². The normalized spacial score (nSPS) is 21.1. The van der Waals surface area contributed by atoms with E-state index in [0.29, 0.717) is 31.5 Å². The Kier molecular flexibility index (Phi) is 9.77. The summed E-state index contributed by atoms with van der Waals surface area (Å²) in [7, 11) is -2.23. The fourth-order valence-corrected chi connectivity index (χ4v) is 9.45. The minimum absolute atomic E-state index is 0.00980. The third kappa shape index (κ3) is 7.18. The summed E-state index contributed by atoms with van der Waals surface area (Å²) in [6.45, 7) is 7.47. The van der Waals surface area contributed by atoms with Crippen molar-refractivity contribution in [1.82, 2.24) is 19.7 Å². The Morgan fingerprint density at radius 2 is 1.85 bits per heavy atom. The second-order valence-electron chi connectivity index (χ2n) is 15.0. The number of nitrogens with one attached hydrogen (secondary N) is 1. The Bertz CT molecular complexity index is 2290. The highest BCUT2D eigenvalue weighted by Gasteiger charge is 2.37. The number of rotatable bonds is 4. The van der Waals surface area contributed by atoms with Gasteiger partial charge in [-0.2, -0.15) is 9.49 Å². The summed E-state index contributed by atoms with van der Waals surface area (Å²) >= 11 is 0. The SMILES string of the molecule is C[C@H](Cc1cccc([C@@]2(C)CCCC(C)(C)CS(=O)(=O)CC(N)c3c(c(F)c(F)c4[nH]ccc34)Oc3ccc(F)c(c3)-c3nc2nn3C)c1)C(N)=O. The summed E-state index contributed by atoms with van der Waals surface area (Å²) in [5, 5.41) is 4.93. The number of aryl methyl sites for hydroxylation is 1. The van der Waals surface area contributed by atoms with Crippen LogP contribution in [0.5, 0.6) is 11.5 Å². The lowest BCUT2D eigenvalue weighted by molar-refractivity contribution is -0.121. The van der Waals surface area contributed by atoms with E-state index >= 15 is 13.2 Å². The number of benzene rings is 3. The summed E-state index contributed by atoms with van der Waals surface area (Å²) in [5.74, 6) is -4.95. The first-order chi connectivity index (χ1) is 24.4. The molecule has 0 fully saturated rings. The molecule has 1 unspecified atom stereocenters. The number of fused-ring (bicyclic) bond motifs is 8. The number of halogens is 3. The molecule has 1 amide bonds. The van der Waals surface area contributed by atoms with Gasteiger partial charge in [-0.15, -0.1) is 0 Å². The number of hydrogen-bond donors (Lipinski definition) is 3. The van der Waals surface area contributed by atoms with Gasteiger partial charge in [0.1, 0.15) is 11.6 Å². The molecule has 3 atom stereocenters. The van der Waals surface area contributed by atoms with Gasteiger partial charge in [-0.3, -0.25) is 4.79 Å². The summed E-state index contributed by atoms with van der Waals surface area (Å²) in [5.41, 5.74) is 12.1. The number of amides is 1. The Labute approximate surface area is 300 Å². The smallest absolute Gasteiger partial charge is 0.220 e. The molecule has 4 bridgehead atoms. The average Bonchev–Trinajstić information content (AvgIpc) is 3.70. The van der Waals surface area contributed by atoms with Gasteiger partial charge < -0.3 is 21.2 Å². The molecule has 0 saturated carbocycles. The topological polar surface area (TPSA) is 159 Å². The molecule has 2 aromatic heterocycles. The molecule has 5 N–H and O–H groups in total. The summed E-state index contributed by atoms with van der Waals surface area (Å²) < 4.78 is 81.7. The maximum atomic E-state index is 15.8. The molecule has 0 aliphatic carbocycles. The number of hydrogen-bond acceptors (Lipinski definition) is 7. The fraction of sp³-hybridized carbons (Fsp3) is 0.395. The average molecular weight is 737 g/mol. The van der Waals surface area contributed by atoms with E-state index in [-0.39, 0.29) is 39.4 Å². The van der Waals surface area contributed by atoms with Crippen molar-refractivity contribution in [2.24, 2.45) is 29.8 Å². The van der Waals surface area contributed by atoms with Crippen LogP contribution in [0.3, 0.4) is 0 Å². The quantitative estimate of drug-likeness (QED) is 0.184. The minimum atomic E-state index is -3.86. The van der Waals surface area contributed by atoms with Gasteiger partial charge >= 0.3 is 0 Å². The molecule has 3 heterocycles. The molecule has 276 valence electrons. The molecule has 0 saturated heterocycles. The van der Waals surface area contributed by atoms with E-state index in [2.05, 4.69) is 4.98 Å². The number of nitrogens with zero attached hydrogens (tertiary/aromatic N) is 3. The van der Waals surface area contributed by atoms with Crippen molar-refractivity contribution in [3.05, 3.63) is 94.7 Å². The summed E-state index contributed by atoms with van der Waals surface area (Å²) in [6.07, 6.45) is 3.39. The van der Waals surface area contributed by atoms with E-state index < -0.39 is 67.5 Å². The van der Waals surface area contributed by atoms with E-state index in [9.17, 15) is 13.2 Å². The maximum absolute atomic E-state index is 15.8. The predicted molar refractivity (Wildman–Crippen MR) is 193 cm³/mol. The van der Waals surface area contributed by atoms with Crippen LogP contribution in [0.2, 0.25) is 0 Å². The molecule has 52 heavy (non-hydrogen) atoms. The first kappa shape index (κ1) is 37.1. The van der Waals surface area contributed by atoms with Crippen LogP contribution in [0.25, 0.3) is 22.3 Å². The summed E-state index contributed by atoms with van der Waals surface area (Å²) in [4.78, 5) is 19.4. The number of carbonyl (C=O) groups excluding carboxylic acids is 1. The van der Waals surface area contributed by atoms with Gasteiger partial charge in [0.15, 0.2) is 33.1 Å². The van der Waals surface area contributed by atoms with Gasteiger partial charge in [-0.05, 0) is 67.0 Å². The number of aromatic nitrogens is 4. The highest BCUT2D eigenvalue weighted by molar-refractivity contribution is 7.91. The van der Waals surface area contributed by atoms with Crippen LogP contribution in [0.1, 0.15) is 75.5 Å². The van der Waals surface area contributed by atoms with Crippen LogP contribution in [-0.2, 0) is 33.5 Å². The number of nitrogens with two attached hydrogens (primary N) is 2. The molecule has 0 spiro atoms. The molecule has 3 aromatic carbocycles. The highest BCUT2D eigenvalue weighted by Crippen LogP contribution is 2.43. The zero-order valence-corrected chi connectivity index (χ0v) is 30.6. The molecule has 5 aromatic rings. The standard InChI is InChI=1S/C38H43F3N6O4S/c1-21(34(43)48)16-22-8-6-9-23(17-22)38(4)14-7-13-37(2,3)20-52(49,50)19-28(42)29-25-12-15-44-32(25)30(40)31(41)33(29)51-24-10-11-27(39)26(18-24)35-45-36(38)46-47(35)5/h6,8-12,15,17-18,21,28,44H,7,13-14,16,19-20,42H2,1-5H3,(H2,43,48)/t21-,28?,38-/m1/s1. The molecular formula is C38H43F3N6O4S. The Hall–Kier alpha value is -4.69. The zero-order valence-electron chi connectivity index (χ0n) is 29.8. The molecule has 1 aliphatic rings. The Morgan fingerprint density at radius 1 is 1.10 bits per heavy atom. The van der Waals surface area contributed by atoms with Gasteiger partial charge in [0.2, 0.25) is 11.7 Å². The molecule has 6 rings (SSSR count). The number of aromatic amines is 1. The molecule has 0 radical (unpaired) electrons. The first-order valence-corrected chi connectivity index (χ1v) is 18.9. The number of ether oxygens (including phenoxy) is 1. The van der Waals surface area contributed by atoms with E-state index in [1.807, 2.05) is 45.0 Å². The minimum Gasteiger partial charge on any atom is -0.454 e. The van der Waals surface area contributed by atoms with Crippen LogP contribution in [0.4, 0.5) is 13.2 Å². The Morgan fingerprint density at radius 3 is 2.58 bits per heavy atom. The zero-order chi connectivity index (χ0) is 37.7. The first-order valence-electron chi connectivity index (χ1n) is 17.1. The van der Waals surface area contributed by atoms with Crippen LogP contribution < -0.4 is 16.2 Å². The van der Waals surface area contributed by atoms with Gasteiger partial charge in [0.05, 0.1) is 28.0 Å². The van der Waals surface area contributed by atoms with Crippen LogP contribution in [0.15, 0.2) is 54.7 Å². The lowest BCUT2D eigenvalue weighted by Crippen LogP contribution is -2.31. The number of sulfone groups is 1. The van der Waals surface area contributed by atoms with Crippen molar-refractivity contribution in [3.8, 4) is 22.9 Å². The third-order valence-corrected chi connectivity index (χ3v) is 12.2. The van der Waals surface area contributed by atoms with E-state index in [1.54, 1.807) is 14.0 Å². The van der Waals surface area contributed by atoms with Gasteiger partial charge in [-0.1, -0.05) is 51.5 Å². The van der Waals surface area contributed by atoms with Crippen LogP contribution in [-0.4, -0.2) is 45.6 Å². The van der Waals surface area contributed by atoms with Crippen molar-refractivity contribution >= 4 is 26.6 Å². The molecular weight excluding hydrogens is 694 g/mol. The predicted octanol–water partition coefficient (Wildman–Crippen LogP) is 6.77. The van der Waals surface area contributed by atoms with Crippen molar-refractivity contribution in [3.63, 3.8) is 0 Å². The van der Waals surface area contributed by atoms with Gasteiger partial charge in [0.25, 0.3) is 0 Å². The second-order valence-corrected chi connectivity index (χ2v) is 17.1. The van der Waals surface area contributed by atoms with E-state index in [1.165, 1.54) is 29.1 Å². The third-order valence-electron chi connectivity index (χ3n) is 10.1. The molecule has 1 aliphatic heterocycles. The van der Waals surface area contributed by atoms with Gasteiger partial charge in [0, 0.05) is 36.2 Å². The lowest BCUT2D eigenvalue weighted by atomic mass is 9.75. The number of H-pyrrole nitrogens is 1. The van der Waals surface area contributed by atoms with Gasteiger partial charge in [-0.25, -0.2) is 26.9 Å². The largest absolute Gasteiger partial charge is 0.454 e. The van der Waals surface area contributed by atoms with Crippen molar-refractivity contribution in [2.75, 3.05) is 11.5 Å². The monoisotopic (exact) mass is 736 g/mol. The fourth-order valence-electron chi connectivity index (χ4n) is 7.29. The van der Waals surface area contributed by atoms with E-state index in [0.717, 1.165) is 17.2 Å². The van der Waals surface area contributed by atoms with Crippen molar-refractivity contribution in [1.29, 1.82) is 0 Å². The second kappa shape index (κ2) is 13.7. The maximum Gasteiger partial charge on any atom is 0.220 e. The number of primary amides is 1. The van der Waals surface area contributed by atoms with Crippen LogP contribution in [0, 0.1) is 28.8 Å². The van der Waals surface area contributed by atoms with E-state index in [4.69, 9.17) is 26.3 Å². The van der Waals surface area contributed by atoms with Crippen molar-refractivity contribution in [2.45, 2.75) is 64.8 Å².